The van der Waals surface area contributed by atoms with E-state index < -0.39 is 15.5 Å². The van der Waals surface area contributed by atoms with Crippen LogP contribution >= 0.6 is 0 Å². The largest absolute Gasteiger partial charge is 0.380 e. The predicted molar refractivity (Wildman–Crippen MR) is 43.0 cm³/mol. The van der Waals surface area contributed by atoms with E-state index in [1.807, 2.05) is 13.8 Å². The van der Waals surface area contributed by atoms with Crippen LogP contribution in [0.5, 0.6) is 0 Å². The fourth-order valence-corrected chi connectivity index (χ4v) is 2.53. The number of hydrogen-bond donors (Lipinski definition) is 0. The van der Waals surface area contributed by atoms with Crippen molar-refractivity contribution in [2.75, 3.05) is 13.2 Å². The summed E-state index contributed by atoms with van der Waals surface area (Å²) in [5.74, 6) is -0.0528. The molecule has 0 amide bonds. The normalized spacial score (nSPS) is 31.3. The van der Waals surface area contributed by atoms with Gasteiger partial charge in [0.05, 0.1) is 13.2 Å². The molecule has 12 heavy (non-hydrogen) atoms. The van der Waals surface area contributed by atoms with Crippen molar-refractivity contribution in [2.24, 2.45) is 11.8 Å². The molecule has 0 saturated carbocycles. The average Bonchev–Trinajstić information content (AvgIpc) is 2.30. The Balaban J connectivity index is 2.78. The standard InChI is InChI=1S/C7H13FO3S/c1-5(2)6-3-11-4-7(6)12(8,9)10/h5-7H,3-4H2,1-2H3. The molecule has 0 aromatic rings. The van der Waals surface area contributed by atoms with E-state index in [1.54, 1.807) is 0 Å². The summed E-state index contributed by atoms with van der Waals surface area (Å²) in [6.07, 6.45) is 0. The first kappa shape index (κ1) is 9.92. The summed E-state index contributed by atoms with van der Waals surface area (Å²) >= 11 is 0. The first-order valence-electron chi connectivity index (χ1n) is 3.94. The van der Waals surface area contributed by atoms with E-state index in [0.717, 1.165) is 0 Å². The molecule has 1 saturated heterocycles. The van der Waals surface area contributed by atoms with Crippen LogP contribution in [0.4, 0.5) is 3.89 Å². The first-order chi connectivity index (χ1) is 5.43. The minimum absolute atomic E-state index is 0.00167. The number of halogens is 1. The lowest BCUT2D eigenvalue weighted by atomic mass is 9.95. The van der Waals surface area contributed by atoms with Gasteiger partial charge in [0.1, 0.15) is 5.25 Å². The summed E-state index contributed by atoms with van der Waals surface area (Å²) in [5, 5.41) is -0.947. The molecule has 1 aliphatic heterocycles. The van der Waals surface area contributed by atoms with Gasteiger partial charge in [0.2, 0.25) is 0 Å². The van der Waals surface area contributed by atoms with Gasteiger partial charge in [-0.05, 0) is 5.92 Å². The highest BCUT2D eigenvalue weighted by atomic mass is 32.3. The molecule has 0 aliphatic carbocycles. The van der Waals surface area contributed by atoms with E-state index in [9.17, 15) is 12.3 Å². The van der Waals surface area contributed by atoms with Crippen LogP contribution in [0.1, 0.15) is 13.8 Å². The van der Waals surface area contributed by atoms with E-state index in [1.165, 1.54) is 0 Å². The zero-order valence-corrected chi connectivity index (χ0v) is 7.97. The van der Waals surface area contributed by atoms with Crippen LogP contribution in [-0.2, 0) is 15.0 Å². The van der Waals surface area contributed by atoms with Gasteiger partial charge in [-0.3, -0.25) is 0 Å². The third kappa shape index (κ3) is 1.95. The lowest BCUT2D eigenvalue weighted by molar-refractivity contribution is 0.177. The van der Waals surface area contributed by atoms with Gasteiger partial charge in [0, 0.05) is 5.92 Å². The minimum atomic E-state index is -4.42. The lowest BCUT2D eigenvalue weighted by Gasteiger charge is -2.16. The van der Waals surface area contributed by atoms with Crippen molar-refractivity contribution in [2.45, 2.75) is 19.1 Å². The summed E-state index contributed by atoms with van der Waals surface area (Å²) in [5.41, 5.74) is 0. The van der Waals surface area contributed by atoms with Crippen molar-refractivity contribution in [1.29, 1.82) is 0 Å². The van der Waals surface area contributed by atoms with Crippen LogP contribution in [0.15, 0.2) is 0 Å². The molecule has 1 aliphatic rings. The Labute approximate surface area is 72.1 Å². The van der Waals surface area contributed by atoms with Crippen LogP contribution in [0.2, 0.25) is 0 Å². The number of rotatable bonds is 2. The Hall–Kier alpha value is -0.160. The molecule has 0 spiro atoms. The first-order valence-corrected chi connectivity index (χ1v) is 5.39. The van der Waals surface area contributed by atoms with Gasteiger partial charge in [0.25, 0.3) is 0 Å². The zero-order valence-electron chi connectivity index (χ0n) is 7.16. The Morgan fingerprint density at radius 2 is 2.00 bits per heavy atom. The van der Waals surface area contributed by atoms with Crippen molar-refractivity contribution >= 4 is 10.2 Å². The van der Waals surface area contributed by atoms with E-state index in [2.05, 4.69) is 0 Å². The third-order valence-electron chi connectivity index (χ3n) is 2.29. The van der Waals surface area contributed by atoms with Gasteiger partial charge in [0.15, 0.2) is 0 Å². The molecule has 5 heteroatoms. The summed E-state index contributed by atoms with van der Waals surface area (Å²) in [6.45, 7) is 4.10. The van der Waals surface area contributed by atoms with Gasteiger partial charge >= 0.3 is 10.2 Å². The van der Waals surface area contributed by atoms with E-state index >= 15 is 0 Å². The molecule has 0 N–H and O–H groups in total. The molecule has 1 heterocycles. The Morgan fingerprint density at radius 3 is 2.33 bits per heavy atom. The highest BCUT2D eigenvalue weighted by molar-refractivity contribution is 7.87. The maximum atomic E-state index is 12.6. The summed E-state index contributed by atoms with van der Waals surface area (Å²) < 4.78 is 38.7. The van der Waals surface area contributed by atoms with Crippen LogP contribution in [0.25, 0.3) is 0 Å². The Kier molecular flexibility index (Phi) is 2.73. The molecule has 0 bridgehead atoms. The minimum Gasteiger partial charge on any atom is -0.380 e. The molecule has 72 valence electrons. The van der Waals surface area contributed by atoms with Crippen LogP contribution in [-0.4, -0.2) is 26.9 Å². The van der Waals surface area contributed by atoms with E-state index in [-0.39, 0.29) is 18.4 Å². The summed E-state index contributed by atoms with van der Waals surface area (Å²) in [7, 11) is -4.42. The summed E-state index contributed by atoms with van der Waals surface area (Å²) in [4.78, 5) is 0. The van der Waals surface area contributed by atoms with Crippen molar-refractivity contribution in [3.63, 3.8) is 0 Å². The van der Waals surface area contributed by atoms with Gasteiger partial charge in [-0.2, -0.15) is 8.42 Å². The molecular weight excluding hydrogens is 183 g/mol. The average molecular weight is 196 g/mol. The molecule has 0 aromatic carbocycles. The monoisotopic (exact) mass is 196 g/mol. The van der Waals surface area contributed by atoms with Crippen molar-refractivity contribution in [3.05, 3.63) is 0 Å². The van der Waals surface area contributed by atoms with Crippen LogP contribution in [0.3, 0.4) is 0 Å². The molecule has 0 aromatic heterocycles. The van der Waals surface area contributed by atoms with Crippen molar-refractivity contribution < 1.29 is 17.0 Å². The fraction of sp³-hybridized carbons (Fsp3) is 1.00. The molecular formula is C7H13FO3S. The lowest BCUT2D eigenvalue weighted by Crippen LogP contribution is -2.29. The zero-order chi connectivity index (χ0) is 9.35. The van der Waals surface area contributed by atoms with E-state index in [0.29, 0.717) is 6.61 Å². The molecule has 3 nitrogen and oxygen atoms in total. The third-order valence-corrected chi connectivity index (χ3v) is 3.50. The fourth-order valence-electron chi connectivity index (χ4n) is 1.46. The second-order valence-corrected chi connectivity index (χ2v) is 5.02. The van der Waals surface area contributed by atoms with Crippen LogP contribution < -0.4 is 0 Å². The highest BCUT2D eigenvalue weighted by Crippen LogP contribution is 2.28. The van der Waals surface area contributed by atoms with Gasteiger partial charge in [-0.15, -0.1) is 3.89 Å². The molecule has 1 rings (SSSR count). The maximum absolute atomic E-state index is 12.6. The Bertz CT molecular complexity index is 247. The second kappa shape index (κ2) is 3.30. The van der Waals surface area contributed by atoms with E-state index in [4.69, 9.17) is 4.74 Å². The smallest absolute Gasteiger partial charge is 0.307 e. The number of ether oxygens (including phenoxy) is 1. The SMILES string of the molecule is CC(C)C1COCC1S(=O)(=O)F. The highest BCUT2D eigenvalue weighted by Gasteiger charge is 2.40. The topological polar surface area (TPSA) is 43.4 Å². The quantitative estimate of drug-likeness (QED) is 0.618. The molecule has 2 atom stereocenters. The molecule has 1 fully saturated rings. The summed E-state index contributed by atoms with van der Waals surface area (Å²) in [6, 6.07) is 0. The van der Waals surface area contributed by atoms with Crippen LogP contribution in [0, 0.1) is 11.8 Å². The Morgan fingerprint density at radius 1 is 1.42 bits per heavy atom. The van der Waals surface area contributed by atoms with Crippen molar-refractivity contribution in [3.8, 4) is 0 Å². The van der Waals surface area contributed by atoms with Gasteiger partial charge in [-0.25, -0.2) is 0 Å². The molecule has 0 radical (unpaired) electrons. The molecule has 2 unspecified atom stereocenters. The predicted octanol–water partition coefficient (Wildman–Crippen LogP) is 0.957. The maximum Gasteiger partial charge on any atom is 0.307 e. The van der Waals surface area contributed by atoms with Crippen molar-refractivity contribution in [1.82, 2.24) is 0 Å². The van der Waals surface area contributed by atoms with Gasteiger partial charge < -0.3 is 4.74 Å². The second-order valence-electron chi connectivity index (χ2n) is 3.46. The number of hydrogen-bond acceptors (Lipinski definition) is 3. The van der Waals surface area contributed by atoms with Gasteiger partial charge in [-0.1, -0.05) is 13.8 Å².